The first-order valence-electron chi connectivity index (χ1n) is 10.3. The van der Waals surface area contributed by atoms with Gasteiger partial charge in [0.05, 0.1) is 17.7 Å². The number of fused-ring (bicyclic) bond motifs is 2. The summed E-state index contributed by atoms with van der Waals surface area (Å²) in [5.74, 6) is 0.654. The van der Waals surface area contributed by atoms with Crippen LogP contribution in [0.1, 0.15) is 29.8 Å². The van der Waals surface area contributed by atoms with Crippen LogP contribution >= 0.6 is 0 Å². The van der Waals surface area contributed by atoms with Gasteiger partial charge in [-0.1, -0.05) is 24.3 Å². The Morgan fingerprint density at radius 3 is 2.81 bits per heavy atom. The minimum atomic E-state index is -0.654. The van der Waals surface area contributed by atoms with Crippen LogP contribution in [-0.2, 0) is 16.0 Å². The molecule has 0 saturated carbocycles. The smallest absolute Gasteiger partial charge is 0.256 e. The van der Waals surface area contributed by atoms with Crippen molar-refractivity contribution < 1.29 is 23.7 Å². The maximum Gasteiger partial charge on any atom is 0.256 e. The summed E-state index contributed by atoms with van der Waals surface area (Å²) in [6.07, 6.45) is 1.49. The zero-order valence-electron chi connectivity index (χ0n) is 17.5. The molecule has 3 aromatic rings. The summed E-state index contributed by atoms with van der Waals surface area (Å²) in [5.41, 5.74) is 2.20. The number of aromatic nitrogens is 1. The maximum absolute atomic E-state index is 13.7. The number of benzene rings is 2. The molecular weight excluding hydrogens is 396 g/mol. The van der Waals surface area contributed by atoms with E-state index in [0.29, 0.717) is 42.3 Å². The Balaban J connectivity index is 1.46. The first-order valence-corrected chi connectivity index (χ1v) is 10.3. The molecule has 31 heavy (non-hydrogen) atoms. The minimum absolute atomic E-state index is 0.102. The van der Waals surface area contributed by atoms with E-state index in [9.17, 15) is 4.79 Å². The van der Waals surface area contributed by atoms with E-state index in [2.05, 4.69) is 4.98 Å². The summed E-state index contributed by atoms with van der Waals surface area (Å²) in [6.45, 7) is 5.22. The third-order valence-electron chi connectivity index (χ3n) is 5.45. The third-order valence-corrected chi connectivity index (χ3v) is 5.45. The predicted octanol–water partition coefficient (Wildman–Crippen LogP) is 3.76. The highest BCUT2D eigenvalue weighted by Crippen LogP contribution is 2.33. The van der Waals surface area contributed by atoms with E-state index in [4.69, 9.17) is 18.9 Å². The van der Waals surface area contributed by atoms with E-state index >= 15 is 0 Å². The van der Waals surface area contributed by atoms with E-state index < -0.39 is 5.79 Å². The molecule has 5 rings (SSSR count). The predicted molar refractivity (Wildman–Crippen MR) is 114 cm³/mol. The second-order valence-corrected chi connectivity index (χ2v) is 8.20. The number of hydrogen-bond acceptors (Lipinski definition) is 6. The number of ether oxygens (including phenoxy) is 4. The zero-order valence-corrected chi connectivity index (χ0v) is 17.5. The van der Waals surface area contributed by atoms with Crippen LogP contribution in [0.2, 0.25) is 0 Å². The van der Waals surface area contributed by atoms with Gasteiger partial charge < -0.3 is 23.8 Å². The molecule has 1 saturated heterocycles. The van der Waals surface area contributed by atoms with Crippen molar-refractivity contribution in [3.05, 3.63) is 65.9 Å². The number of carbonyl (C=O) groups is 1. The Morgan fingerprint density at radius 2 is 1.97 bits per heavy atom. The van der Waals surface area contributed by atoms with Gasteiger partial charge in [-0.05, 0) is 43.7 Å². The number of para-hydroxylation sites is 1. The number of pyridine rings is 1. The molecule has 2 aliphatic heterocycles. The molecule has 3 heterocycles. The van der Waals surface area contributed by atoms with Gasteiger partial charge in [-0.3, -0.25) is 9.78 Å². The fraction of sp³-hybridized carbons (Fsp3) is 0.333. The van der Waals surface area contributed by atoms with Gasteiger partial charge in [0.2, 0.25) is 6.79 Å². The summed E-state index contributed by atoms with van der Waals surface area (Å²) in [7, 11) is 0. The van der Waals surface area contributed by atoms with Gasteiger partial charge >= 0.3 is 0 Å². The first-order chi connectivity index (χ1) is 15.0. The van der Waals surface area contributed by atoms with Crippen LogP contribution in [-0.4, -0.2) is 47.6 Å². The van der Waals surface area contributed by atoms with E-state index in [1.807, 2.05) is 62.4 Å². The van der Waals surface area contributed by atoms with Crippen LogP contribution in [0.15, 0.2) is 54.7 Å². The average Bonchev–Trinajstić information content (AvgIpc) is 3.37. The molecule has 1 aromatic heterocycles. The van der Waals surface area contributed by atoms with Crippen LogP contribution in [0.25, 0.3) is 10.9 Å². The Hall–Kier alpha value is -3.16. The van der Waals surface area contributed by atoms with Gasteiger partial charge in [0.25, 0.3) is 5.91 Å². The van der Waals surface area contributed by atoms with Crippen molar-refractivity contribution >= 4 is 16.8 Å². The Morgan fingerprint density at radius 1 is 1.13 bits per heavy atom. The molecule has 2 aliphatic rings. The standard InChI is InChI=1S/C24H24N2O5/c1-24(2)30-14-18(31-24)13-26(12-16-8-9-20-21(11-16)29-15-28-20)23(27)19-7-3-5-17-6-4-10-25-22(17)19/h3-11,18H,12-15H2,1-2H3/t18-/m1/s1. The van der Waals surface area contributed by atoms with Crippen molar-refractivity contribution in [3.8, 4) is 11.5 Å². The summed E-state index contributed by atoms with van der Waals surface area (Å²) in [4.78, 5) is 19.9. The van der Waals surface area contributed by atoms with Crippen molar-refractivity contribution in [1.29, 1.82) is 0 Å². The molecule has 0 spiro atoms. The molecule has 0 bridgehead atoms. The molecule has 7 nitrogen and oxygen atoms in total. The molecule has 2 aromatic carbocycles. The molecule has 0 aliphatic carbocycles. The van der Waals surface area contributed by atoms with Gasteiger partial charge in [-0.2, -0.15) is 0 Å². The lowest BCUT2D eigenvalue weighted by Crippen LogP contribution is -2.38. The highest BCUT2D eigenvalue weighted by atomic mass is 16.7. The summed E-state index contributed by atoms with van der Waals surface area (Å²) < 4.78 is 22.6. The zero-order chi connectivity index (χ0) is 21.4. The van der Waals surface area contributed by atoms with Crippen molar-refractivity contribution in [2.24, 2.45) is 0 Å². The van der Waals surface area contributed by atoms with Crippen molar-refractivity contribution in [2.75, 3.05) is 19.9 Å². The van der Waals surface area contributed by atoms with Crippen LogP contribution in [0, 0.1) is 0 Å². The monoisotopic (exact) mass is 420 g/mol. The van der Waals surface area contributed by atoms with E-state index in [0.717, 1.165) is 10.9 Å². The van der Waals surface area contributed by atoms with Gasteiger partial charge in [-0.15, -0.1) is 0 Å². The maximum atomic E-state index is 13.7. The van der Waals surface area contributed by atoms with E-state index in [1.54, 1.807) is 11.1 Å². The highest BCUT2D eigenvalue weighted by Gasteiger charge is 2.35. The van der Waals surface area contributed by atoms with Gasteiger partial charge in [0.15, 0.2) is 17.3 Å². The quantitative estimate of drug-likeness (QED) is 0.626. The average molecular weight is 420 g/mol. The SMILES string of the molecule is CC1(C)OC[C@@H](CN(Cc2ccc3c(c2)OCO3)C(=O)c2cccc3cccnc23)O1. The molecule has 1 amide bonds. The summed E-state index contributed by atoms with van der Waals surface area (Å²) >= 11 is 0. The van der Waals surface area contributed by atoms with Crippen molar-refractivity contribution in [1.82, 2.24) is 9.88 Å². The molecule has 0 unspecified atom stereocenters. The van der Waals surface area contributed by atoms with Gasteiger partial charge in [0.1, 0.15) is 6.10 Å². The largest absolute Gasteiger partial charge is 0.454 e. The molecule has 1 atom stereocenters. The number of hydrogen-bond donors (Lipinski definition) is 0. The number of rotatable bonds is 5. The van der Waals surface area contributed by atoms with Crippen LogP contribution in [0.4, 0.5) is 0 Å². The highest BCUT2D eigenvalue weighted by molar-refractivity contribution is 6.05. The Kier molecular flexibility index (Phi) is 5.00. The van der Waals surface area contributed by atoms with Crippen molar-refractivity contribution in [2.45, 2.75) is 32.3 Å². The molecule has 160 valence electrons. The van der Waals surface area contributed by atoms with Gasteiger partial charge in [0, 0.05) is 24.7 Å². The molecular formula is C24H24N2O5. The van der Waals surface area contributed by atoms with Crippen LogP contribution < -0.4 is 9.47 Å². The number of carbonyl (C=O) groups excluding carboxylic acids is 1. The molecule has 0 N–H and O–H groups in total. The molecule has 7 heteroatoms. The second-order valence-electron chi connectivity index (χ2n) is 8.20. The van der Waals surface area contributed by atoms with Crippen LogP contribution in [0.3, 0.4) is 0 Å². The summed E-state index contributed by atoms with van der Waals surface area (Å²) in [5, 5.41) is 0.929. The van der Waals surface area contributed by atoms with Gasteiger partial charge in [-0.25, -0.2) is 0 Å². The molecule has 0 radical (unpaired) electrons. The first kappa shape index (κ1) is 19.8. The fourth-order valence-corrected chi connectivity index (χ4v) is 4.02. The summed E-state index contributed by atoms with van der Waals surface area (Å²) in [6, 6.07) is 15.2. The lowest BCUT2D eigenvalue weighted by Gasteiger charge is -2.26. The van der Waals surface area contributed by atoms with Crippen LogP contribution in [0.5, 0.6) is 11.5 Å². The lowest BCUT2D eigenvalue weighted by molar-refractivity contribution is -0.139. The lowest BCUT2D eigenvalue weighted by atomic mass is 10.1. The normalized spacial score (nSPS) is 19.0. The minimum Gasteiger partial charge on any atom is -0.454 e. The Labute approximate surface area is 180 Å². The second kappa shape index (κ2) is 7.83. The van der Waals surface area contributed by atoms with Crippen molar-refractivity contribution in [3.63, 3.8) is 0 Å². The van der Waals surface area contributed by atoms with E-state index in [1.165, 1.54) is 0 Å². The topological polar surface area (TPSA) is 70.1 Å². The Bertz CT molecular complexity index is 1120. The number of nitrogens with zero attached hydrogens (tertiary/aromatic N) is 2. The fourth-order valence-electron chi connectivity index (χ4n) is 4.02. The molecule has 1 fully saturated rings. The number of amides is 1. The van der Waals surface area contributed by atoms with E-state index in [-0.39, 0.29) is 18.8 Å². The third kappa shape index (κ3) is 4.06.